The second-order valence-electron chi connectivity index (χ2n) is 5.67. The molecule has 3 rings (SSSR count). The molecule has 0 aliphatic rings. The van der Waals surface area contributed by atoms with E-state index in [1.54, 1.807) is 23.6 Å². The summed E-state index contributed by atoms with van der Waals surface area (Å²) in [7, 11) is 0. The zero-order valence-corrected chi connectivity index (χ0v) is 15.0. The molecule has 1 unspecified atom stereocenters. The van der Waals surface area contributed by atoms with E-state index in [4.69, 9.17) is 4.74 Å². The van der Waals surface area contributed by atoms with Crippen LogP contribution in [0.5, 0.6) is 0 Å². The quantitative estimate of drug-likeness (QED) is 0.533. The van der Waals surface area contributed by atoms with Crippen molar-refractivity contribution in [3.63, 3.8) is 0 Å². The van der Waals surface area contributed by atoms with Crippen LogP contribution in [0, 0.1) is 0 Å². The van der Waals surface area contributed by atoms with Crippen molar-refractivity contribution in [3.8, 4) is 0 Å². The lowest BCUT2D eigenvalue weighted by Crippen LogP contribution is -2.30. The Morgan fingerprint density at radius 1 is 1.23 bits per heavy atom. The Morgan fingerprint density at radius 2 is 2.08 bits per heavy atom. The van der Waals surface area contributed by atoms with Gasteiger partial charge < -0.3 is 10.1 Å². The van der Waals surface area contributed by atoms with Crippen molar-refractivity contribution in [2.75, 3.05) is 6.61 Å². The van der Waals surface area contributed by atoms with Crippen molar-refractivity contribution < 1.29 is 14.3 Å². The number of pyridine rings is 1. The smallest absolute Gasteiger partial charge is 0.331 e. The molecule has 1 amide bonds. The van der Waals surface area contributed by atoms with E-state index < -0.39 is 5.97 Å². The zero-order valence-electron chi connectivity index (χ0n) is 14.2. The van der Waals surface area contributed by atoms with Crippen molar-refractivity contribution >= 4 is 40.2 Å². The van der Waals surface area contributed by atoms with Crippen molar-refractivity contribution in [2.24, 2.45) is 0 Å². The molecule has 0 aliphatic carbocycles. The van der Waals surface area contributed by atoms with E-state index in [0.29, 0.717) is 0 Å². The summed E-state index contributed by atoms with van der Waals surface area (Å²) in [6.45, 7) is 1.58. The van der Waals surface area contributed by atoms with Crippen LogP contribution >= 0.6 is 11.3 Å². The molecule has 2 aromatic heterocycles. The minimum Gasteiger partial charge on any atom is -0.452 e. The number of hydrogen-bond acceptors (Lipinski definition) is 5. The van der Waals surface area contributed by atoms with Gasteiger partial charge >= 0.3 is 5.97 Å². The van der Waals surface area contributed by atoms with E-state index in [-0.39, 0.29) is 18.6 Å². The molecule has 0 fully saturated rings. The number of amides is 1. The van der Waals surface area contributed by atoms with Crippen LogP contribution in [0.3, 0.4) is 0 Å². The molecule has 5 nitrogen and oxygen atoms in total. The van der Waals surface area contributed by atoms with Crippen molar-refractivity contribution in [3.05, 3.63) is 70.6 Å². The summed E-state index contributed by atoms with van der Waals surface area (Å²) >= 11 is 1.56. The van der Waals surface area contributed by atoms with E-state index >= 15 is 0 Å². The zero-order chi connectivity index (χ0) is 18.4. The Morgan fingerprint density at radius 3 is 2.88 bits per heavy atom. The number of rotatable bonds is 6. The number of carbonyl (C=O) groups excluding carboxylic acids is 2. The fraction of sp³-hybridized carbons (Fsp3) is 0.150. The van der Waals surface area contributed by atoms with Crippen LogP contribution in [0.2, 0.25) is 0 Å². The number of carbonyl (C=O) groups is 2. The number of fused-ring (bicyclic) bond motifs is 1. The summed E-state index contributed by atoms with van der Waals surface area (Å²) in [6.07, 6.45) is 4.65. The summed E-state index contributed by atoms with van der Waals surface area (Å²) in [6, 6.07) is 13.3. The van der Waals surface area contributed by atoms with Crippen LogP contribution in [0.25, 0.3) is 17.0 Å². The molecule has 0 spiro atoms. The van der Waals surface area contributed by atoms with Crippen molar-refractivity contribution in [2.45, 2.75) is 13.0 Å². The largest absolute Gasteiger partial charge is 0.452 e. The van der Waals surface area contributed by atoms with E-state index in [2.05, 4.69) is 10.3 Å². The lowest BCUT2D eigenvalue weighted by Gasteiger charge is -2.11. The Hall–Kier alpha value is -2.99. The standard InChI is InChI=1S/C20H18N2O3S/c1-14(17-8-4-12-26-17)22-18(23)13-25-19(24)10-9-16-6-2-5-15-7-3-11-21-20(15)16/h2-12,14H,13H2,1H3,(H,22,23)/b10-9+. The molecule has 1 atom stereocenters. The first-order chi connectivity index (χ1) is 12.6. The molecular weight excluding hydrogens is 348 g/mol. The van der Waals surface area contributed by atoms with Gasteiger partial charge in [-0.25, -0.2) is 4.79 Å². The molecule has 0 aliphatic heterocycles. The van der Waals surface area contributed by atoms with Gasteiger partial charge in [0.15, 0.2) is 6.61 Å². The first kappa shape index (κ1) is 17.8. The average Bonchev–Trinajstić information content (AvgIpc) is 3.19. The van der Waals surface area contributed by atoms with Gasteiger partial charge in [0.1, 0.15) is 0 Å². The summed E-state index contributed by atoms with van der Waals surface area (Å²) in [5, 5.41) is 5.74. The fourth-order valence-electron chi connectivity index (χ4n) is 2.50. The number of thiophene rings is 1. The number of para-hydroxylation sites is 1. The molecule has 0 saturated carbocycles. The van der Waals surface area contributed by atoms with Crippen LogP contribution in [-0.2, 0) is 14.3 Å². The monoisotopic (exact) mass is 366 g/mol. The molecular formula is C20H18N2O3S. The van der Waals surface area contributed by atoms with Crippen molar-refractivity contribution in [1.29, 1.82) is 0 Å². The Bertz CT molecular complexity index is 930. The summed E-state index contributed by atoms with van der Waals surface area (Å²) < 4.78 is 5.00. The minimum atomic E-state index is -0.572. The molecule has 1 N–H and O–H groups in total. The maximum atomic E-state index is 11.9. The van der Waals surface area contributed by atoms with Crippen LogP contribution in [0.1, 0.15) is 23.4 Å². The number of ether oxygens (including phenoxy) is 1. The van der Waals surface area contributed by atoms with Gasteiger partial charge in [-0.15, -0.1) is 11.3 Å². The van der Waals surface area contributed by atoms with E-state index in [1.165, 1.54) is 6.08 Å². The predicted molar refractivity (Wildman–Crippen MR) is 103 cm³/mol. The molecule has 1 aromatic carbocycles. The molecule has 0 radical (unpaired) electrons. The Kier molecular flexibility index (Phi) is 5.76. The van der Waals surface area contributed by atoms with Gasteiger partial charge in [-0.3, -0.25) is 9.78 Å². The Balaban J connectivity index is 1.53. The highest BCUT2D eigenvalue weighted by Gasteiger charge is 2.11. The highest BCUT2D eigenvalue weighted by Crippen LogP contribution is 2.18. The van der Waals surface area contributed by atoms with Gasteiger partial charge in [0.05, 0.1) is 11.6 Å². The first-order valence-corrected chi connectivity index (χ1v) is 9.03. The third-order valence-electron chi connectivity index (χ3n) is 3.76. The number of hydrogen-bond donors (Lipinski definition) is 1. The SMILES string of the molecule is CC(NC(=O)COC(=O)/C=C/c1cccc2cccnc12)c1cccs1. The lowest BCUT2D eigenvalue weighted by molar-refractivity contribution is -0.144. The molecule has 6 heteroatoms. The van der Waals surface area contributed by atoms with Gasteiger partial charge in [0.25, 0.3) is 5.91 Å². The maximum Gasteiger partial charge on any atom is 0.331 e. The normalized spacial score (nSPS) is 12.2. The lowest BCUT2D eigenvalue weighted by atomic mass is 10.1. The number of nitrogens with zero attached hydrogens (tertiary/aromatic N) is 1. The van der Waals surface area contributed by atoms with Crippen LogP contribution in [0.4, 0.5) is 0 Å². The minimum absolute atomic E-state index is 0.112. The van der Waals surface area contributed by atoms with Crippen molar-refractivity contribution in [1.82, 2.24) is 10.3 Å². The van der Waals surface area contributed by atoms with Gasteiger partial charge in [-0.2, -0.15) is 0 Å². The third kappa shape index (κ3) is 4.55. The van der Waals surface area contributed by atoms with Gasteiger partial charge in [0, 0.05) is 28.1 Å². The van der Waals surface area contributed by atoms with Crippen LogP contribution in [0.15, 0.2) is 60.1 Å². The third-order valence-corrected chi connectivity index (χ3v) is 4.81. The molecule has 132 valence electrons. The molecule has 0 saturated heterocycles. The van der Waals surface area contributed by atoms with Crippen LogP contribution < -0.4 is 5.32 Å². The summed E-state index contributed by atoms with van der Waals surface area (Å²) in [5.41, 5.74) is 1.62. The molecule has 26 heavy (non-hydrogen) atoms. The van der Waals surface area contributed by atoms with Gasteiger partial charge in [0.2, 0.25) is 0 Å². The summed E-state index contributed by atoms with van der Waals surface area (Å²) in [4.78, 5) is 29.1. The average molecular weight is 366 g/mol. The highest BCUT2D eigenvalue weighted by atomic mass is 32.1. The molecule has 3 aromatic rings. The summed E-state index contributed by atoms with van der Waals surface area (Å²) in [5.74, 6) is -0.906. The highest BCUT2D eigenvalue weighted by molar-refractivity contribution is 7.10. The number of benzene rings is 1. The number of nitrogens with one attached hydrogen (secondary N) is 1. The van der Waals surface area contributed by atoms with E-state index in [1.807, 2.05) is 54.8 Å². The maximum absolute atomic E-state index is 11.9. The number of esters is 1. The van der Waals surface area contributed by atoms with Gasteiger partial charge in [-0.05, 0) is 30.5 Å². The van der Waals surface area contributed by atoms with E-state index in [9.17, 15) is 9.59 Å². The Labute approximate surface area is 155 Å². The first-order valence-electron chi connectivity index (χ1n) is 8.15. The molecule has 2 heterocycles. The second-order valence-corrected chi connectivity index (χ2v) is 6.65. The fourth-order valence-corrected chi connectivity index (χ4v) is 3.23. The number of aromatic nitrogens is 1. The van der Waals surface area contributed by atoms with Gasteiger partial charge in [-0.1, -0.05) is 30.3 Å². The molecule has 0 bridgehead atoms. The topological polar surface area (TPSA) is 68.3 Å². The predicted octanol–water partition coefficient (Wildman–Crippen LogP) is 3.73. The van der Waals surface area contributed by atoms with Crippen LogP contribution in [-0.4, -0.2) is 23.5 Å². The van der Waals surface area contributed by atoms with E-state index in [0.717, 1.165) is 21.3 Å². The second kappa shape index (κ2) is 8.40.